The van der Waals surface area contributed by atoms with Gasteiger partial charge >= 0.3 is 0 Å². The fourth-order valence-corrected chi connectivity index (χ4v) is 7.76. The Balaban J connectivity index is 1.25. The highest BCUT2D eigenvalue weighted by Crippen LogP contribution is 2.30. The van der Waals surface area contributed by atoms with Crippen LogP contribution in [-0.2, 0) is 24.0 Å². The normalized spacial score (nSPS) is 13.0. The summed E-state index contributed by atoms with van der Waals surface area (Å²) in [6.45, 7) is 7.14. The SMILES string of the molecule is CCCCN(C(=O)c1nn(-c2ccc(C(=O)NS(=O)c3ccc4ccccc4c3)cc2C(=O)N2CCc3ccccc3C2)c(C)c1Cl)c1ccc(C)cc1. The average molecular weight is 758 g/mol. The molecule has 0 aliphatic carbocycles. The smallest absolute Gasteiger partial charge is 0.280 e. The Morgan fingerprint density at radius 3 is 2.35 bits per heavy atom. The number of carbonyl (C=O) groups excluding carboxylic acids is 3. The number of fused-ring (bicyclic) bond motifs is 2. The van der Waals surface area contributed by atoms with E-state index in [9.17, 15) is 18.6 Å². The molecule has 1 aliphatic rings. The summed E-state index contributed by atoms with van der Waals surface area (Å²) in [6, 6.07) is 33.5. The molecule has 7 rings (SSSR count). The molecule has 3 amide bonds. The molecule has 6 aromatic rings. The van der Waals surface area contributed by atoms with Crippen LogP contribution in [0.25, 0.3) is 16.5 Å². The second kappa shape index (κ2) is 15.8. The number of rotatable bonds is 10. The molecule has 0 saturated heterocycles. The number of hydrogen-bond acceptors (Lipinski definition) is 5. The lowest BCUT2D eigenvalue weighted by Gasteiger charge is -2.29. The van der Waals surface area contributed by atoms with Crippen LogP contribution in [0.2, 0.25) is 5.02 Å². The number of nitrogens with zero attached hydrogens (tertiary/aromatic N) is 4. The monoisotopic (exact) mass is 757 g/mol. The quantitative estimate of drug-likeness (QED) is 0.151. The molecule has 1 aliphatic heterocycles. The first-order valence-electron chi connectivity index (χ1n) is 18.0. The molecule has 1 atom stereocenters. The minimum atomic E-state index is -1.86. The Bertz CT molecular complexity index is 2430. The van der Waals surface area contributed by atoms with Gasteiger partial charge in [-0.3, -0.25) is 19.1 Å². The summed E-state index contributed by atoms with van der Waals surface area (Å²) in [5.74, 6) is -1.28. The predicted octanol–water partition coefficient (Wildman–Crippen LogP) is 8.39. The number of halogens is 1. The van der Waals surface area contributed by atoms with Crippen LogP contribution in [0.3, 0.4) is 0 Å². The Kier molecular flexibility index (Phi) is 10.8. The molecule has 0 radical (unpaired) electrons. The van der Waals surface area contributed by atoms with Crippen molar-refractivity contribution in [1.29, 1.82) is 0 Å². The van der Waals surface area contributed by atoms with Crippen molar-refractivity contribution in [3.05, 3.63) is 153 Å². The van der Waals surface area contributed by atoms with Crippen LogP contribution >= 0.6 is 11.6 Å². The van der Waals surface area contributed by atoms with E-state index in [1.54, 1.807) is 41.0 Å². The largest absolute Gasteiger partial charge is 0.334 e. The van der Waals surface area contributed by atoms with Gasteiger partial charge < -0.3 is 9.80 Å². The molecule has 0 fully saturated rings. The summed E-state index contributed by atoms with van der Waals surface area (Å²) in [5.41, 5.74) is 5.27. The zero-order valence-electron chi connectivity index (χ0n) is 30.3. The van der Waals surface area contributed by atoms with Crippen LogP contribution in [0.15, 0.2) is 114 Å². The van der Waals surface area contributed by atoms with E-state index in [2.05, 4.69) is 17.7 Å². The van der Waals surface area contributed by atoms with Gasteiger partial charge in [-0.1, -0.05) is 97.2 Å². The lowest BCUT2D eigenvalue weighted by molar-refractivity contribution is 0.0734. The lowest BCUT2D eigenvalue weighted by atomic mass is 9.98. The zero-order valence-corrected chi connectivity index (χ0v) is 31.9. The lowest BCUT2D eigenvalue weighted by Crippen LogP contribution is -2.36. The molecule has 9 nitrogen and oxygen atoms in total. The maximum atomic E-state index is 14.5. The van der Waals surface area contributed by atoms with Crippen molar-refractivity contribution in [2.45, 2.75) is 51.5 Å². The first-order chi connectivity index (χ1) is 26.1. The molecule has 2 heterocycles. The molecule has 274 valence electrons. The minimum Gasteiger partial charge on any atom is -0.334 e. The van der Waals surface area contributed by atoms with Gasteiger partial charge in [0.2, 0.25) is 0 Å². The molecular weight excluding hydrogens is 718 g/mol. The number of unbranched alkanes of at least 4 members (excludes halogenated alkanes) is 1. The highest BCUT2D eigenvalue weighted by molar-refractivity contribution is 7.83. The molecular formula is C43H40ClN5O4S. The first-order valence-corrected chi connectivity index (χ1v) is 19.5. The van der Waals surface area contributed by atoms with Gasteiger partial charge in [0.05, 0.1) is 26.9 Å². The second-order valence-corrected chi connectivity index (χ2v) is 15.1. The summed E-state index contributed by atoms with van der Waals surface area (Å²) in [4.78, 5) is 46.2. The summed E-state index contributed by atoms with van der Waals surface area (Å²) in [7, 11) is -1.86. The van der Waals surface area contributed by atoms with E-state index in [-0.39, 0.29) is 33.7 Å². The summed E-state index contributed by atoms with van der Waals surface area (Å²) in [5, 5.41) is 6.80. The van der Waals surface area contributed by atoms with Gasteiger partial charge in [0.15, 0.2) is 16.7 Å². The standard InChI is InChI=1S/C43H40ClN5O4S/c1-4-5-23-48(35-18-14-28(2)15-19-35)43(52)40-39(44)29(3)49(45-40)38-21-17-33(26-37(38)42(51)47-24-22-31-11-7-9-13-34(31)27-47)41(50)46-54(53)36-20-16-30-10-6-8-12-32(30)25-36/h6-21,25-26H,4-5,22-24,27H2,1-3H3,(H,46,50). The number of anilines is 1. The number of carbonyl (C=O) groups is 3. The second-order valence-electron chi connectivity index (χ2n) is 13.5. The zero-order chi connectivity index (χ0) is 37.9. The van der Waals surface area contributed by atoms with E-state index in [4.69, 9.17) is 16.7 Å². The highest BCUT2D eigenvalue weighted by Gasteiger charge is 2.30. The van der Waals surface area contributed by atoms with Gasteiger partial charge in [-0.05, 0) is 91.1 Å². The molecule has 11 heteroatoms. The van der Waals surface area contributed by atoms with Crippen LogP contribution in [0.5, 0.6) is 0 Å². The van der Waals surface area contributed by atoms with E-state index >= 15 is 0 Å². The van der Waals surface area contributed by atoms with Gasteiger partial charge in [0.1, 0.15) is 0 Å². The molecule has 5 aromatic carbocycles. The minimum absolute atomic E-state index is 0.0590. The number of aryl methyl sites for hydroxylation is 1. The fraction of sp³-hybridized carbons (Fsp3) is 0.209. The van der Waals surface area contributed by atoms with Crippen LogP contribution in [-0.4, -0.2) is 49.7 Å². The van der Waals surface area contributed by atoms with E-state index in [1.807, 2.05) is 79.7 Å². The maximum absolute atomic E-state index is 14.5. The number of amides is 3. The Morgan fingerprint density at radius 1 is 0.870 bits per heavy atom. The van der Waals surface area contributed by atoms with Crippen molar-refractivity contribution in [3.63, 3.8) is 0 Å². The topological polar surface area (TPSA) is 105 Å². The third kappa shape index (κ3) is 7.44. The van der Waals surface area contributed by atoms with E-state index < -0.39 is 16.9 Å². The van der Waals surface area contributed by atoms with Gasteiger partial charge in [0, 0.05) is 30.9 Å². The molecule has 1 unspecified atom stereocenters. The van der Waals surface area contributed by atoms with Crippen molar-refractivity contribution < 1.29 is 18.6 Å². The number of aromatic nitrogens is 2. The van der Waals surface area contributed by atoms with Gasteiger partial charge in [-0.15, -0.1) is 0 Å². The van der Waals surface area contributed by atoms with Crippen LogP contribution in [0.1, 0.15) is 73.4 Å². The predicted molar refractivity (Wildman–Crippen MR) is 214 cm³/mol. The van der Waals surface area contributed by atoms with Crippen molar-refractivity contribution in [2.24, 2.45) is 0 Å². The van der Waals surface area contributed by atoms with E-state index in [1.165, 1.54) is 16.3 Å². The number of benzene rings is 5. The Morgan fingerprint density at radius 2 is 1.59 bits per heavy atom. The van der Waals surface area contributed by atoms with Crippen molar-refractivity contribution >= 4 is 56.8 Å². The molecule has 0 bridgehead atoms. The average Bonchev–Trinajstić information content (AvgIpc) is 3.50. The third-order valence-electron chi connectivity index (χ3n) is 9.83. The molecule has 0 spiro atoms. The molecule has 1 aromatic heterocycles. The number of nitrogens with one attached hydrogen (secondary N) is 1. The van der Waals surface area contributed by atoms with Gasteiger partial charge in [-0.25, -0.2) is 8.89 Å². The Hall–Kier alpha value is -5.58. The molecule has 0 saturated carbocycles. The molecule has 1 N–H and O–H groups in total. The molecule has 54 heavy (non-hydrogen) atoms. The van der Waals surface area contributed by atoms with Crippen LogP contribution in [0.4, 0.5) is 5.69 Å². The Labute approximate surface area is 322 Å². The third-order valence-corrected chi connectivity index (χ3v) is 11.3. The summed E-state index contributed by atoms with van der Waals surface area (Å²) in [6.07, 6.45) is 2.35. The summed E-state index contributed by atoms with van der Waals surface area (Å²) < 4.78 is 17.5. The first kappa shape index (κ1) is 36.8. The highest BCUT2D eigenvalue weighted by atomic mass is 35.5. The van der Waals surface area contributed by atoms with E-state index in [0.29, 0.717) is 42.3 Å². The van der Waals surface area contributed by atoms with Crippen molar-refractivity contribution in [1.82, 2.24) is 19.4 Å². The van der Waals surface area contributed by atoms with Crippen LogP contribution < -0.4 is 9.62 Å². The van der Waals surface area contributed by atoms with Crippen molar-refractivity contribution in [3.8, 4) is 5.69 Å². The summed E-state index contributed by atoms with van der Waals surface area (Å²) >= 11 is 6.90. The van der Waals surface area contributed by atoms with Crippen molar-refractivity contribution in [2.75, 3.05) is 18.0 Å². The number of hydrogen-bond donors (Lipinski definition) is 1. The van der Waals surface area contributed by atoms with Gasteiger partial charge in [0.25, 0.3) is 17.7 Å². The maximum Gasteiger partial charge on any atom is 0.280 e. The fourth-order valence-electron chi connectivity index (χ4n) is 6.73. The van der Waals surface area contributed by atoms with Gasteiger partial charge in [-0.2, -0.15) is 5.10 Å². The van der Waals surface area contributed by atoms with E-state index in [0.717, 1.165) is 40.4 Å². The van der Waals surface area contributed by atoms with Crippen LogP contribution in [0, 0.1) is 13.8 Å².